The molecule has 5 heteroatoms. The van der Waals surface area contributed by atoms with Gasteiger partial charge in [0, 0.05) is 5.56 Å². The predicted molar refractivity (Wildman–Crippen MR) is 52.7 cm³/mol. The van der Waals surface area contributed by atoms with Crippen LogP contribution in [-0.2, 0) is 0 Å². The second-order valence-electron chi connectivity index (χ2n) is 3.30. The van der Waals surface area contributed by atoms with Gasteiger partial charge in [-0.3, -0.25) is 0 Å². The highest BCUT2D eigenvalue weighted by atomic mass is 19.1. The van der Waals surface area contributed by atoms with E-state index in [-0.39, 0.29) is 24.3 Å². The molecule has 5 N–H and O–H groups in total. The van der Waals surface area contributed by atoms with Crippen LogP contribution < -0.4 is 5.73 Å². The fraction of sp³-hybridized carbons (Fsp3) is 0.400. The van der Waals surface area contributed by atoms with E-state index in [2.05, 4.69) is 0 Å². The van der Waals surface area contributed by atoms with Crippen molar-refractivity contribution in [1.82, 2.24) is 0 Å². The first-order valence-corrected chi connectivity index (χ1v) is 4.61. The van der Waals surface area contributed by atoms with Crippen LogP contribution in [0.5, 0.6) is 5.75 Å². The minimum absolute atomic E-state index is 0.129. The molecule has 0 spiro atoms. The van der Waals surface area contributed by atoms with Gasteiger partial charge in [0.1, 0.15) is 17.7 Å². The van der Waals surface area contributed by atoms with Crippen molar-refractivity contribution in [3.05, 3.63) is 29.6 Å². The summed E-state index contributed by atoms with van der Waals surface area (Å²) >= 11 is 0. The van der Waals surface area contributed by atoms with Gasteiger partial charge >= 0.3 is 0 Å². The van der Waals surface area contributed by atoms with Crippen LogP contribution >= 0.6 is 0 Å². The summed E-state index contributed by atoms with van der Waals surface area (Å²) < 4.78 is 13.2. The normalized spacial score (nSPS) is 14.9. The van der Waals surface area contributed by atoms with Gasteiger partial charge in [0.15, 0.2) is 0 Å². The second kappa shape index (κ2) is 5.06. The second-order valence-corrected chi connectivity index (χ2v) is 3.30. The number of phenols is 1. The first kappa shape index (κ1) is 11.9. The van der Waals surface area contributed by atoms with E-state index in [0.29, 0.717) is 0 Å². The molecule has 1 aromatic carbocycles. The highest BCUT2D eigenvalue weighted by molar-refractivity contribution is 5.30. The molecule has 2 atom stereocenters. The Hall–Kier alpha value is -1.17. The zero-order valence-electron chi connectivity index (χ0n) is 8.10. The van der Waals surface area contributed by atoms with Crippen LogP contribution in [0.25, 0.3) is 0 Å². The smallest absolute Gasteiger partial charge is 0.129 e. The minimum Gasteiger partial charge on any atom is -0.508 e. The third-order valence-corrected chi connectivity index (χ3v) is 2.13. The number of aliphatic hydroxyl groups is 2. The Kier molecular flexibility index (Phi) is 4.02. The van der Waals surface area contributed by atoms with E-state index >= 15 is 0 Å². The average Bonchev–Trinajstić information content (AvgIpc) is 2.21. The molecule has 0 fully saturated rings. The number of nitrogens with two attached hydrogens (primary N) is 1. The van der Waals surface area contributed by atoms with Gasteiger partial charge < -0.3 is 21.1 Å². The first-order valence-electron chi connectivity index (χ1n) is 4.61. The van der Waals surface area contributed by atoms with Gasteiger partial charge in [0.2, 0.25) is 0 Å². The van der Waals surface area contributed by atoms with Gasteiger partial charge in [-0.15, -0.1) is 0 Å². The Morgan fingerprint density at radius 3 is 2.60 bits per heavy atom. The van der Waals surface area contributed by atoms with Crippen LogP contribution in [0.2, 0.25) is 0 Å². The Balaban J connectivity index is 2.89. The highest BCUT2D eigenvalue weighted by Gasteiger charge is 2.21. The van der Waals surface area contributed by atoms with Gasteiger partial charge in [-0.2, -0.15) is 0 Å². The van der Waals surface area contributed by atoms with E-state index in [1.54, 1.807) is 0 Å². The molecule has 0 amide bonds. The van der Waals surface area contributed by atoms with Crippen LogP contribution in [0.1, 0.15) is 18.1 Å². The average molecular weight is 215 g/mol. The highest BCUT2D eigenvalue weighted by Crippen LogP contribution is 2.25. The van der Waals surface area contributed by atoms with Crippen LogP contribution in [0.15, 0.2) is 18.2 Å². The van der Waals surface area contributed by atoms with Crippen LogP contribution in [-0.4, -0.2) is 28.0 Å². The molecule has 0 heterocycles. The molecule has 0 bridgehead atoms. The molecule has 1 rings (SSSR count). The van der Waals surface area contributed by atoms with Gasteiger partial charge in [-0.05, 0) is 31.2 Å². The molecule has 0 saturated heterocycles. The summed E-state index contributed by atoms with van der Waals surface area (Å²) in [5.74, 6) is -0.832. The molecule has 0 saturated carbocycles. The van der Waals surface area contributed by atoms with Crippen molar-refractivity contribution in [1.29, 1.82) is 0 Å². The standard InChI is InChI=1S/C10H14FNO3/c11-8-2-1-6(13)5-7(8)10(15)9(14)3-4-12/h1-2,5,9-10,13-15H,3-4,12H2. The molecule has 0 aliphatic rings. The van der Waals surface area contributed by atoms with E-state index in [4.69, 9.17) is 10.8 Å². The van der Waals surface area contributed by atoms with Gasteiger partial charge in [-0.1, -0.05) is 0 Å². The van der Waals surface area contributed by atoms with Crippen molar-refractivity contribution >= 4 is 0 Å². The maximum atomic E-state index is 13.2. The molecule has 0 aromatic heterocycles. The summed E-state index contributed by atoms with van der Waals surface area (Å²) in [5.41, 5.74) is 5.07. The molecule has 1 aromatic rings. The molecule has 0 aliphatic carbocycles. The Morgan fingerprint density at radius 1 is 1.33 bits per heavy atom. The molecule has 15 heavy (non-hydrogen) atoms. The number of phenolic OH excluding ortho intramolecular Hbond substituents is 1. The van der Waals surface area contributed by atoms with E-state index < -0.39 is 18.0 Å². The Morgan fingerprint density at radius 2 is 2.00 bits per heavy atom. The van der Waals surface area contributed by atoms with Crippen molar-refractivity contribution < 1.29 is 19.7 Å². The van der Waals surface area contributed by atoms with Crippen molar-refractivity contribution in [3.63, 3.8) is 0 Å². The zero-order valence-corrected chi connectivity index (χ0v) is 8.10. The largest absolute Gasteiger partial charge is 0.508 e. The molecular weight excluding hydrogens is 201 g/mol. The monoisotopic (exact) mass is 215 g/mol. The fourth-order valence-electron chi connectivity index (χ4n) is 1.29. The quantitative estimate of drug-likeness (QED) is 0.581. The van der Waals surface area contributed by atoms with E-state index in [9.17, 15) is 14.6 Å². The van der Waals surface area contributed by atoms with Crippen LogP contribution in [0, 0.1) is 5.82 Å². The minimum atomic E-state index is -1.37. The lowest BCUT2D eigenvalue weighted by Gasteiger charge is -2.18. The van der Waals surface area contributed by atoms with Crippen LogP contribution in [0.4, 0.5) is 4.39 Å². The number of hydrogen-bond donors (Lipinski definition) is 4. The molecule has 2 unspecified atom stereocenters. The Bertz CT molecular complexity index is 332. The number of halogens is 1. The number of aliphatic hydroxyl groups excluding tert-OH is 2. The van der Waals surface area contributed by atoms with Crippen molar-refractivity contribution in [2.45, 2.75) is 18.6 Å². The van der Waals surface area contributed by atoms with E-state index in [0.717, 1.165) is 12.1 Å². The third kappa shape index (κ3) is 2.89. The maximum absolute atomic E-state index is 13.2. The zero-order chi connectivity index (χ0) is 11.4. The fourth-order valence-corrected chi connectivity index (χ4v) is 1.29. The number of aromatic hydroxyl groups is 1. The third-order valence-electron chi connectivity index (χ3n) is 2.13. The lowest BCUT2D eigenvalue weighted by molar-refractivity contribution is 0.0129. The van der Waals surface area contributed by atoms with Gasteiger partial charge in [0.05, 0.1) is 6.10 Å². The summed E-state index contributed by atoms with van der Waals surface area (Å²) in [6, 6.07) is 3.28. The summed E-state index contributed by atoms with van der Waals surface area (Å²) in [7, 11) is 0. The molecule has 0 aliphatic heterocycles. The molecule has 0 radical (unpaired) electrons. The lowest BCUT2D eigenvalue weighted by atomic mass is 10.0. The molecule has 84 valence electrons. The first-order chi connectivity index (χ1) is 7.06. The topological polar surface area (TPSA) is 86.7 Å². The van der Waals surface area contributed by atoms with Gasteiger partial charge in [0.25, 0.3) is 0 Å². The number of rotatable bonds is 4. The van der Waals surface area contributed by atoms with Crippen LogP contribution in [0.3, 0.4) is 0 Å². The SMILES string of the molecule is NCCC(O)C(O)c1cc(O)ccc1F. The molecule has 4 nitrogen and oxygen atoms in total. The van der Waals surface area contributed by atoms with E-state index in [1.165, 1.54) is 6.07 Å². The summed E-state index contributed by atoms with van der Waals surface area (Å²) in [4.78, 5) is 0. The maximum Gasteiger partial charge on any atom is 0.129 e. The summed E-state index contributed by atoms with van der Waals surface area (Å²) in [6.07, 6.45) is -2.34. The number of hydrogen-bond acceptors (Lipinski definition) is 4. The van der Waals surface area contributed by atoms with Crippen molar-refractivity contribution in [2.24, 2.45) is 5.73 Å². The van der Waals surface area contributed by atoms with Gasteiger partial charge in [-0.25, -0.2) is 4.39 Å². The molecular formula is C10H14FNO3. The summed E-state index contributed by atoms with van der Waals surface area (Å²) in [5, 5.41) is 28.1. The Labute approximate surface area is 86.8 Å². The van der Waals surface area contributed by atoms with E-state index in [1.807, 2.05) is 0 Å². The summed E-state index contributed by atoms with van der Waals surface area (Å²) in [6.45, 7) is 0.193. The van der Waals surface area contributed by atoms with Crippen molar-refractivity contribution in [3.8, 4) is 5.75 Å². The van der Waals surface area contributed by atoms with Crippen molar-refractivity contribution in [2.75, 3.05) is 6.54 Å². The predicted octanol–water partition coefficient (Wildman–Crippen LogP) is 0.274. The number of benzene rings is 1. The lowest BCUT2D eigenvalue weighted by Crippen LogP contribution is -2.22.